The molecule has 0 aliphatic heterocycles. The molecule has 52 heavy (non-hydrogen) atoms. The summed E-state index contributed by atoms with van der Waals surface area (Å²) in [4.78, 5) is 59.5. The lowest BCUT2D eigenvalue weighted by molar-refractivity contribution is -0.384. The van der Waals surface area contributed by atoms with Gasteiger partial charge in [0.25, 0.3) is 17.3 Å². The van der Waals surface area contributed by atoms with Gasteiger partial charge in [-0.15, -0.1) is 0 Å². The van der Waals surface area contributed by atoms with E-state index in [0.29, 0.717) is 0 Å². The molecule has 0 aliphatic carbocycles. The highest BCUT2D eigenvalue weighted by Crippen LogP contribution is 2.43. The third kappa shape index (κ3) is 8.63. The first kappa shape index (κ1) is 39.2. The minimum absolute atomic E-state index is 0.0818. The van der Waals surface area contributed by atoms with E-state index in [-0.39, 0.29) is 65.6 Å². The number of halogens is 5. The zero-order valence-corrected chi connectivity index (χ0v) is 29.0. The molecule has 0 radical (unpaired) electrons. The molecule has 16 nitrogen and oxygen atoms in total. The number of rotatable bonds is 13. The number of hydrogen-bond acceptors (Lipinski definition) is 12. The van der Waals surface area contributed by atoms with Crippen LogP contribution in [0.15, 0.2) is 60.7 Å². The van der Waals surface area contributed by atoms with E-state index in [9.17, 15) is 39.7 Å². The van der Waals surface area contributed by atoms with Crippen LogP contribution >= 0.6 is 46.4 Å². The van der Waals surface area contributed by atoms with E-state index in [2.05, 4.69) is 5.32 Å². The number of carboxylic acids is 1. The van der Waals surface area contributed by atoms with Gasteiger partial charge in [0.15, 0.2) is 11.5 Å². The maximum absolute atomic E-state index is 15.6. The number of aliphatic carboxylic acids is 1. The SMILES string of the molecule is COC(=O)C(NC(=O)c1cc(Cl)c(Oc2ccc(N)c([N+](=O)[O-])c2)c(Cl)c1)C(c1cc(Cl)c(Oc2ccc(N)c([N+](=O)[O-])c2)c(Cl)c1)C(F)C(=O)O. The van der Waals surface area contributed by atoms with Crippen LogP contribution < -0.4 is 26.3 Å². The number of amides is 1. The second kappa shape index (κ2) is 16.2. The number of ether oxygens (including phenoxy) is 3. The summed E-state index contributed by atoms with van der Waals surface area (Å²) in [6, 6.07) is 9.04. The quantitative estimate of drug-likeness (QED) is 0.0447. The van der Waals surface area contributed by atoms with E-state index in [1.165, 1.54) is 24.3 Å². The van der Waals surface area contributed by atoms with Crippen LogP contribution in [0.2, 0.25) is 20.1 Å². The van der Waals surface area contributed by atoms with Gasteiger partial charge in [-0.2, -0.15) is 0 Å². The zero-order chi connectivity index (χ0) is 38.6. The predicted octanol–water partition coefficient (Wildman–Crippen LogP) is 7.34. The van der Waals surface area contributed by atoms with E-state index in [0.717, 1.165) is 43.5 Å². The van der Waals surface area contributed by atoms with Gasteiger partial charge in [-0.3, -0.25) is 25.0 Å². The van der Waals surface area contributed by atoms with Crippen LogP contribution in [0.3, 0.4) is 0 Å². The number of nitrogens with zero attached hydrogens (tertiary/aromatic N) is 2. The van der Waals surface area contributed by atoms with Crippen molar-refractivity contribution in [3.63, 3.8) is 0 Å². The summed E-state index contributed by atoms with van der Waals surface area (Å²) >= 11 is 25.4. The zero-order valence-electron chi connectivity index (χ0n) is 26.0. The summed E-state index contributed by atoms with van der Waals surface area (Å²) in [6.45, 7) is 0. The lowest BCUT2D eigenvalue weighted by Crippen LogP contribution is -2.49. The van der Waals surface area contributed by atoms with Crippen molar-refractivity contribution in [1.29, 1.82) is 0 Å². The van der Waals surface area contributed by atoms with Gasteiger partial charge in [-0.1, -0.05) is 46.4 Å². The summed E-state index contributed by atoms with van der Waals surface area (Å²) < 4.78 is 31.5. The van der Waals surface area contributed by atoms with Gasteiger partial charge < -0.3 is 36.1 Å². The number of carboxylic acid groups (broad SMARTS) is 1. The molecule has 0 aromatic heterocycles. The highest BCUT2D eigenvalue weighted by molar-refractivity contribution is 6.38. The number of nitro groups is 2. The number of carbonyl (C=O) groups excluding carboxylic acids is 2. The molecule has 0 bridgehead atoms. The van der Waals surface area contributed by atoms with Crippen LogP contribution in [-0.2, 0) is 14.3 Å². The van der Waals surface area contributed by atoms with Crippen LogP contribution in [0.5, 0.6) is 23.0 Å². The monoisotopic (exact) mass is 799 g/mol. The Morgan fingerprint density at radius 2 is 1.21 bits per heavy atom. The first-order valence-corrected chi connectivity index (χ1v) is 15.6. The summed E-state index contributed by atoms with van der Waals surface area (Å²) in [5.41, 5.74) is 9.33. The highest BCUT2D eigenvalue weighted by Gasteiger charge is 2.42. The van der Waals surface area contributed by atoms with Gasteiger partial charge in [-0.25, -0.2) is 14.0 Å². The van der Waals surface area contributed by atoms with Crippen molar-refractivity contribution in [3.05, 3.63) is 112 Å². The number of anilines is 2. The van der Waals surface area contributed by atoms with Crippen LogP contribution in [0.4, 0.5) is 27.1 Å². The largest absolute Gasteiger partial charge is 0.479 e. The second-order valence-electron chi connectivity index (χ2n) is 10.5. The number of nitrogens with two attached hydrogens (primary N) is 2. The number of carbonyl (C=O) groups is 3. The van der Waals surface area contributed by atoms with E-state index in [4.69, 9.17) is 72.1 Å². The number of hydrogen-bond donors (Lipinski definition) is 4. The molecule has 0 fully saturated rings. The normalized spacial score (nSPS) is 12.6. The van der Waals surface area contributed by atoms with Crippen molar-refractivity contribution in [2.45, 2.75) is 18.1 Å². The van der Waals surface area contributed by atoms with E-state index in [1.54, 1.807) is 0 Å². The average Bonchev–Trinajstić information content (AvgIpc) is 3.08. The maximum atomic E-state index is 15.6. The van der Waals surface area contributed by atoms with Crippen molar-refractivity contribution in [1.82, 2.24) is 5.32 Å². The third-order valence-corrected chi connectivity index (χ3v) is 8.28. The fourth-order valence-electron chi connectivity index (χ4n) is 4.71. The standard InChI is InChI=1S/C31H22Cl4FN5O11/c1-50-31(45)26(39-29(42)13-8-18(34)28(19(35)9-13)52-15-3-5-21(38)23(11-15)41(48)49)24(25(36)30(43)44)12-6-16(32)27(17(33)7-12)51-14-2-4-20(37)22(10-14)40(46)47/h2-11,24-26H,37-38H2,1H3,(H,39,42)(H,43,44). The summed E-state index contributed by atoms with van der Waals surface area (Å²) in [5.74, 6) is -7.18. The summed E-state index contributed by atoms with van der Waals surface area (Å²) in [5, 5.41) is 33.2. The lowest BCUT2D eigenvalue weighted by Gasteiger charge is -2.28. The number of esters is 1. The van der Waals surface area contributed by atoms with Crippen molar-refractivity contribution in [3.8, 4) is 23.0 Å². The average molecular weight is 801 g/mol. The Bertz CT molecular complexity index is 2080. The highest BCUT2D eigenvalue weighted by atomic mass is 35.5. The molecular weight excluding hydrogens is 779 g/mol. The van der Waals surface area contributed by atoms with Crippen LogP contribution in [0, 0.1) is 20.2 Å². The molecule has 0 heterocycles. The molecule has 0 spiro atoms. The Labute approximate surface area is 311 Å². The lowest BCUT2D eigenvalue weighted by atomic mass is 9.86. The van der Waals surface area contributed by atoms with Crippen LogP contribution in [0.25, 0.3) is 0 Å². The molecule has 0 aliphatic rings. The predicted molar refractivity (Wildman–Crippen MR) is 187 cm³/mol. The first-order valence-electron chi connectivity index (χ1n) is 14.1. The van der Waals surface area contributed by atoms with Gasteiger partial charge in [0, 0.05) is 5.56 Å². The molecule has 4 aromatic carbocycles. The molecule has 272 valence electrons. The molecule has 4 aromatic rings. The maximum Gasteiger partial charge on any atom is 0.339 e. The van der Waals surface area contributed by atoms with Crippen molar-refractivity contribution >= 4 is 87.0 Å². The minimum Gasteiger partial charge on any atom is -0.479 e. The smallest absolute Gasteiger partial charge is 0.339 e. The molecule has 0 saturated carbocycles. The Kier molecular flexibility index (Phi) is 12.2. The Balaban J connectivity index is 1.69. The Morgan fingerprint density at radius 3 is 1.60 bits per heavy atom. The molecule has 4 rings (SSSR count). The van der Waals surface area contributed by atoms with E-state index < -0.39 is 57.2 Å². The number of nitrogens with one attached hydrogen (secondary N) is 1. The van der Waals surface area contributed by atoms with Gasteiger partial charge in [0.1, 0.15) is 28.9 Å². The molecule has 3 unspecified atom stereocenters. The van der Waals surface area contributed by atoms with Gasteiger partial charge in [-0.05, 0) is 54.1 Å². The van der Waals surface area contributed by atoms with Gasteiger partial charge >= 0.3 is 11.9 Å². The van der Waals surface area contributed by atoms with Crippen LogP contribution in [-0.4, -0.2) is 52.1 Å². The van der Waals surface area contributed by atoms with E-state index >= 15 is 4.39 Å². The van der Waals surface area contributed by atoms with Crippen molar-refractivity contribution < 1.29 is 47.9 Å². The molecule has 21 heteroatoms. The number of nitrogen functional groups attached to an aromatic ring is 2. The van der Waals surface area contributed by atoms with Crippen LogP contribution in [0.1, 0.15) is 21.8 Å². The Hall–Kier alpha value is -5.62. The molecule has 6 N–H and O–H groups in total. The fourth-order valence-corrected chi connectivity index (χ4v) is 5.86. The number of alkyl halides is 1. The summed E-state index contributed by atoms with van der Waals surface area (Å²) in [7, 11) is 0.899. The van der Waals surface area contributed by atoms with Gasteiger partial charge in [0.2, 0.25) is 6.17 Å². The molecule has 0 saturated heterocycles. The minimum atomic E-state index is -2.88. The topological polar surface area (TPSA) is 249 Å². The fraction of sp³-hybridized carbons (Fsp3) is 0.129. The number of benzene rings is 4. The Morgan fingerprint density at radius 1 is 0.788 bits per heavy atom. The van der Waals surface area contributed by atoms with E-state index in [1.807, 2.05) is 0 Å². The number of methoxy groups -OCH3 is 1. The van der Waals surface area contributed by atoms with Gasteiger partial charge in [0.05, 0.1) is 55.1 Å². The van der Waals surface area contributed by atoms with Crippen molar-refractivity contribution in [2.75, 3.05) is 18.6 Å². The molecular formula is C31H22Cl4FN5O11. The first-order chi connectivity index (χ1) is 24.4. The molecule has 1 amide bonds. The van der Waals surface area contributed by atoms with Crippen molar-refractivity contribution in [2.24, 2.45) is 0 Å². The molecule has 3 atom stereocenters. The second-order valence-corrected chi connectivity index (χ2v) is 12.1. The third-order valence-electron chi connectivity index (χ3n) is 7.16. The summed E-state index contributed by atoms with van der Waals surface area (Å²) in [6.07, 6.45) is -2.88. The number of nitro benzene ring substituents is 2.